The number of hydrogen-bond acceptors (Lipinski definition) is 3. The largest absolute Gasteiger partial charge is 0.462 e. The Bertz CT molecular complexity index is 102. The number of rotatable bonds is 2. The number of halogens is 1. The molecule has 0 aromatic rings. The van der Waals surface area contributed by atoms with Crippen molar-refractivity contribution in [1.29, 1.82) is 0 Å². The predicted octanol–water partition coefficient (Wildman–Crippen LogP) is 0.505. The zero-order chi connectivity index (χ0) is 6.41. The SMILES string of the molecule is CCOC(=O)C=NF. The second-order valence-electron chi connectivity index (χ2n) is 0.979. The molecule has 0 aliphatic carbocycles. The lowest BCUT2D eigenvalue weighted by Gasteiger charge is -1.90. The quantitative estimate of drug-likeness (QED) is 0.392. The van der Waals surface area contributed by atoms with Gasteiger partial charge < -0.3 is 4.74 Å². The Labute approximate surface area is 46.1 Å². The summed E-state index contributed by atoms with van der Waals surface area (Å²) in [6, 6.07) is 0. The van der Waals surface area contributed by atoms with E-state index in [-0.39, 0.29) is 6.61 Å². The van der Waals surface area contributed by atoms with Crippen LogP contribution in [0.5, 0.6) is 0 Å². The van der Waals surface area contributed by atoms with Crippen molar-refractivity contribution in [3.05, 3.63) is 0 Å². The molecule has 0 N–H and O–H groups in total. The molecule has 46 valence electrons. The first-order valence-corrected chi connectivity index (χ1v) is 2.12. The molecule has 0 heterocycles. The molecule has 0 fully saturated rings. The number of hydrogen-bond donors (Lipinski definition) is 0. The maximum Gasteiger partial charge on any atom is 0.352 e. The fourth-order valence-corrected chi connectivity index (χ4v) is 0.219. The summed E-state index contributed by atoms with van der Waals surface area (Å²) in [5.41, 5.74) is 0. The Morgan fingerprint density at radius 1 is 2.00 bits per heavy atom. The van der Waals surface area contributed by atoms with Crippen LogP contribution in [0.25, 0.3) is 0 Å². The molecule has 0 aliphatic heterocycles. The van der Waals surface area contributed by atoms with Crippen molar-refractivity contribution in [1.82, 2.24) is 0 Å². The average Bonchev–Trinajstić information content (AvgIpc) is 1.68. The van der Waals surface area contributed by atoms with E-state index in [9.17, 15) is 9.28 Å². The van der Waals surface area contributed by atoms with E-state index >= 15 is 0 Å². The first kappa shape index (κ1) is 7.07. The summed E-state index contributed by atoms with van der Waals surface area (Å²) < 4.78 is 15.1. The molecule has 0 aliphatic rings. The minimum Gasteiger partial charge on any atom is -0.462 e. The van der Waals surface area contributed by atoms with E-state index in [4.69, 9.17) is 0 Å². The summed E-state index contributed by atoms with van der Waals surface area (Å²) in [7, 11) is 0. The summed E-state index contributed by atoms with van der Waals surface area (Å²) >= 11 is 0. The number of carbonyl (C=O) groups excluding carboxylic acids is 1. The van der Waals surface area contributed by atoms with Crippen LogP contribution in [0.15, 0.2) is 5.21 Å². The van der Waals surface area contributed by atoms with Gasteiger partial charge in [-0.1, -0.05) is 9.70 Å². The molecule has 0 rings (SSSR count). The molecule has 0 unspecified atom stereocenters. The highest BCUT2D eigenvalue weighted by atomic mass is 19.2. The molecule has 3 nitrogen and oxygen atoms in total. The van der Waals surface area contributed by atoms with Crippen molar-refractivity contribution >= 4 is 12.2 Å². The lowest BCUT2D eigenvalue weighted by molar-refractivity contribution is -0.134. The van der Waals surface area contributed by atoms with E-state index in [0.717, 1.165) is 0 Å². The Hall–Kier alpha value is -0.930. The van der Waals surface area contributed by atoms with Gasteiger partial charge in [0.05, 0.1) is 6.61 Å². The Morgan fingerprint density at radius 3 is 3.00 bits per heavy atom. The monoisotopic (exact) mass is 119 g/mol. The highest BCUT2D eigenvalue weighted by molar-refractivity contribution is 6.22. The lowest BCUT2D eigenvalue weighted by Crippen LogP contribution is -2.03. The smallest absolute Gasteiger partial charge is 0.352 e. The second-order valence-corrected chi connectivity index (χ2v) is 0.979. The molecular formula is C4H6FNO2. The van der Waals surface area contributed by atoms with Gasteiger partial charge in [-0.05, 0) is 6.92 Å². The van der Waals surface area contributed by atoms with Gasteiger partial charge >= 0.3 is 5.97 Å². The summed E-state index contributed by atoms with van der Waals surface area (Å²) in [4.78, 5) is 10.0. The van der Waals surface area contributed by atoms with Crippen molar-refractivity contribution in [2.45, 2.75) is 6.92 Å². The van der Waals surface area contributed by atoms with E-state index in [2.05, 4.69) is 4.74 Å². The number of carbonyl (C=O) groups is 1. The molecule has 0 bridgehead atoms. The van der Waals surface area contributed by atoms with Crippen molar-refractivity contribution < 1.29 is 14.0 Å². The maximum atomic E-state index is 10.8. The lowest BCUT2D eigenvalue weighted by atomic mass is 10.7. The van der Waals surface area contributed by atoms with Crippen LogP contribution in [0.3, 0.4) is 0 Å². The third-order valence-electron chi connectivity index (χ3n) is 0.441. The molecule has 0 saturated heterocycles. The maximum absolute atomic E-state index is 10.8. The molecule has 0 radical (unpaired) electrons. The van der Waals surface area contributed by atoms with E-state index in [1.807, 2.05) is 5.21 Å². The fraction of sp³-hybridized carbons (Fsp3) is 0.500. The molecule has 0 aromatic carbocycles. The van der Waals surface area contributed by atoms with Crippen LogP contribution in [0.4, 0.5) is 4.48 Å². The molecular weight excluding hydrogens is 113 g/mol. The minimum atomic E-state index is -0.755. The Kier molecular flexibility index (Phi) is 3.74. The Morgan fingerprint density at radius 2 is 2.62 bits per heavy atom. The van der Waals surface area contributed by atoms with E-state index < -0.39 is 5.97 Å². The first-order chi connectivity index (χ1) is 3.81. The molecule has 0 saturated carbocycles. The van der Waals surface area contributed by atoms with Crippen molar-refractivity contribution in [3.63, 3.8) is 0 Å². The molecule has 0 amide bonds. The molecule has 0 spiro atoms. The van der Waals surface area contributed by atoms with Crippen molar-refractivity contribution in [2.24, 2.45) is 5.21 Å². The topological polar surface area (TPSA) is 38.7 Å². The van der Waals surface area contributed by atoms with Gasteiger partial charge in [-0.3, -0.25) is 0 Å². The number of nitrogens with zero attached hydrogens (tertiary/aromatic N) is 1. The third-order valence-corrected chi connectivity index (χ3v) is 0.441. The highest BCUT2D eigenvalue weighted by Gasteiger charge is 1.91. The zero-order valence-electron chi connectivity index (χ0n) is 4.43. The average molecular weight is 119 g/mol. The summed E-state index contributed by atoms with van der Waals surface area (Å²) in [6.45, 7) is 1.87. The van der Waals surface area contributed by atoms with Gasteiger partial charge in [0, 0.05) is 0 Å². The van der Waals surface area contributed by atoms with Crippen LogP contribution in [0.1, 0.15) is 6.92 Å². The van der Waals surface area contributed by atoms with Crippen LogP contribution in [0, 0.1) is 0 Å². The van der Waals surface area contributed by atoms with E-state index in [0.29, 0.717) is 6.21 Å². The van der Waals surface area contributed by atoms with Gasteiger partial charge in [0.1, 0.15) is 6.21 Å². The highest BCUT2D eigenvalue weighted by Crippen LogP contribution is 1.72. The first-order valence-electron chi connectivity index (χ1n) is 2.12. The van der Waals surface area contributed by atoms with Gasteiger partial charge in [0.15, 0.2) is 0 Å². The summed E-state index contributed by atoms with van der Waals surface area (Å²) in [6.07, 6.45) is 0.476. The third kappa shape index (κ3) is 3.27. The molecule has 4 heteroatoms. The van der Waals surface area contributed by atoms with Crippen molar-refractivity contribution in [2.75, 3.05) is 6.61 Å². The Balaban J connectivity index is 3.33. The van der Waals surface area contributed by atoms with Crippen LogP contribution in [-0.2, 0) is 9.53 Å². The van der Waals surface area contributed by atoms with Crippen molar-refractivity contribution in [3.8, 4) is 0 Å². The summed E-state index contributed by atoms with van der Waals surface area (Å²) in [5.74, 6) is -0.755. The van der Waals surface area contributed by atoms with Crippen LogP contribution < -0.4 is 0 Å². The van der Waals surface area contributed by atoms with Gasteiger partial charge in [-0.2, -0.15) is 0 Å². The minimum absolute atomic E-state index is 0.241. The second kappa shape index (κ2) is 4.23. The van der Waals surface area contributed by atoms with Gasteiger partial charge in [-0.25, -0.2) is 4.79 Å². The van der Waals surface area contributed by atoms with Crippen LogP contribution >= 0.6 is 0 Å². The summed E-state index contributed by atoms with van der Waals surface area (Å²) in [5, 5.41) is 1.95. The molecule has 0 atom stereocenters. The van der Waals surface area contributed by atoms with E-state index in [1.54, 1.807) is 6.92 Å². The number of ether oxygens (including phenoxy) is 1. The normalized spacial score (nSPS) is 9.75. The standard InChI is InChI=1S/C4H6FNO2/c1-2-8-4(7)3-6-5/h3H,2H2,1H3. The fourth-order valence-electron chi connectivity index (χ4n) is 0.219. The predicted molar refractivity (Wildman–Crippen MR) is 26.2 cm³/mol. The molecule has 8 heavy (non-hydrogen) atoms. The van der Waals surface area contributed by atoms with E-state index in [1.165, 1.54) is 0 Å². The number of esters is 1. The van der Waals surface area contributed by atoms with Crippen LogP contribution in [0.2, 0.25) is 0 Å². The van der Waals surface area contributed by atoms with Crippen LogP contribution in [-0.4, -0.2) is 18.8 Å². The zero-order valence-corrected chi connectivity index (χ0v) is 4.43. The molecule has 0 aromatic heterocycles. The van der Waals surface area contributed by atoms with Gasteiger partial charge in [0.25, 0.3) is 0 Å². The van der Waals surface area contributed by atoms with Gasteiger partial charge in [0.2, 0.25) is 0 Å². The van der Waals surface area contributed by atoms with Gasteiger partial charge in [-0.15, -0.1) is 0 Å².